The number of carbonyl (C=O) groups excluding carboxylic acids is 1. The minimum absolute atomic E-state index is 0.0886. The van der Waals surface area contributed by atoms with Crippen LogP contribution >= 0.6 is 11.3 Å². The second-order valence-corrected chi connectivity index (χ2v) is 6.90. The van der Waals surface area contributed by atoms with E-state index >= 15 is 0 Å². The number of hydrogen-bond acceptors (Lipinski definition) is 7. The lowest BCUT2D eigenvalue weighted by Gasteiger charge is -2.19. The molecule has 0 unspecified atom stereocenters. The summed E-state index contributed by atoms with van der Waals surface area (Å²) in [6.45, 7) is 3.22. The minimum atomic E-state index is -3.91. The number of ether oxygens (including phenoxy) is 1. The molecule has 1 atom stereocenters. The van der Waals surface area contributed by atoms with Crippen molar-refractivity contribution in [2.75, 3.05) is 13.7 Å². The maximum absolute atomic E-state index is 12.1. The molecule has 0 spiro atoms. The Morgan fingerprint density at radius 2 is 2.21 bits per heavy atom. The van der Waals surface area contributed by atoms with Crippen LogP contribution in [0.3, 0.4) is 0 Å². The fraction of sp³-hybridized carbons (Fsp3) is 0.600. The van der Waals surface area contributed by atoms with Crippen molar-refractivity contribution in [2.24, 2.45) is 5.92 Å². The molecule has 0 saturated heterocycles. The van der Waals surface area contributed by atoms with E-state index in [0.717, 1.165) is 18.4 Å². The van der Waals surface area contributed by atoms with Crippen LogP contribution in [0, 0.1) is 5.92 Å². The lowest BCUT2D eigenvalue weighted by atomic mass is 10.1. The normalized spacial score (nSPS) is 13.5. The third-order valence-corrected chi connectivity index (χ3v) is 5.33. The van der Waals surface area contributed by atoms with Crippen molar-refractivity contribution in [1.82, 2.24) is 9.71 Å². The second-order valence-electron chi connectivity index (χ2n) is 4.13. The number of nitrogens with zero attached hydrogens (tertiary/aromatic N) is 1. The van der Waals surface area contributed by atoms with E-state index in [4.69, 9.17) is 5.11 Å². The highest BCUT2D eigenvalue weighted by Crippen LogP contribution is 2.21. The molecule has 1 rings (SSSR count). The molecule has 0 aliphatic heterocycles. The van der Waals surface area contributed by atoms with Crippen molar-refractivity contribution >= 4 is 27.3 Å². The van der Waals surface area contributed by atoms with E-state index in [-0.39, 0.29) is 22.4 Å². The van der Waals surface area contributed by atoms with Crippen LogP contribution in [-0.4, -0.2) is 44.2 Å². The fourth-order valence-electron chi connectivity index (χ4n) is 1.30. The summed E-state index contributed by atoms with van der Waals surface area (Å²) >= 11 is 0.820. The summed E-state index contributed by atoms with van der Waals surface area (Å²) in [5.41, 5.74) is 1.00. The molecule has 0 aliphatic carbocycles. The zero-order valence-corrected chi connectivity index (χ0v) is 12.4. The number of sulfonamides is 1. The minimum Gasteiger partial charge on any atom is -0.464 e. The molecular formula is C10H16N2O5S2. The molecule has 19 heavy (non-hydrogen) atoms. The molecular weight excluding hydrogens is 292 g/mol. The van der Waals surface area contributed by atoms with Gasteiger partial charge in [-0.3, -0.25) is 0 Å². The predicted octanol–water partition coefficient (Wildman–Crippen LogP) is 0.225. The van der Waals surface area contributed by atoms with Gasteiger partial charge in [0.25, 0.3) is 10.0 Å². The van der Waals surface area contributed by atoms with E-state index in [2.05, 4.69) is 14.4 Å². The summed E-state index contributed by atoms with van der Waals surface area (Å²) in [5.74, 6) is -0.902. The monoisotopic (exact) mass is 308 g/mol. The molecule has 0 saturated carbocycles. The molecule has 2 N–H and O–H groups in total. The van der Waals surface area contributed by atoms with Crippen molar-refractivity contribution in [3.05, 3.63) is 11.2 Å². The van der Waals surface area contributed by atoms with Gasteiger partial charge in [-0.1, -0.05) is 13.8 Å². The maximum Gasteiger partial charge on any atom is 0.358 e. The van der Waals surface area contributed by atoms with Gasteiger partial charge in [-0.05, 0) is 5.92 Å². The lowest BCUT2D eigenvalue weighted by molar-refractivity contribution is 0.0590. The van der Waals surface area contributed by atoms with Gasteiger partial charge in [-0.15, -0.1) is 11.3 Å². The molecule has 0 aliphatic rings. The Morgan fingerprint density at radius 1 is 1.58 bits per heavy atom. The molecule has 0 radical (unpaired) electrons. The number of aromatic nitrogens is 1. The van der Waals surface area contributed by atoms with Crippen molar-refractivity contribution in [2.45, 2.75) is 24.1 Å². The van der Waals surface area contributed by atoms with E-state index in [1.165, 1.54) is 5.51 Å². The highest BCUT2D eigenvalue weighted by molar-refractivity contribution is 7.91. The van der Waals surface area contributed by atoms with E-state index in [0.29, 0.717) is 0 Å². The summed E-state index contributed by atoms with van der Waals surface area (Å²) in [6, 6.07) is -0.627. The number of aliphatic hydroxyl groups excluding tert-OH is 1. The van der Waals surface area contributed by atoms with Crippen LogP contribution in [0.15, 0.2) is 9.72 Å². The Kier molecular flexibility index (Phi) is 5.41. The zero-order chi connectivity index (χ0) is 14.6. The third kappa shape index (κ3) is 3.72. The van der Waals surface area contributed by atoms with Crippen molar-refractivity contribution in [3.8, 4) is 0 Å². The second kappa shape index (κ2) is 6.42. The number of carbonyl (C=O) groups is 1. The molecule has 0 bridgehead atoms. The van der Waals surface area contributed by atoms with E-state index in [9.17, 15) is 13.2 Å². The van der Waals surface area contributed by atoms with Gasteiger partial charge in [0.15, 0.2) is 9.90 Å². The summed E-state index contributed by atoms with van der Waals surface area (Å²) in [6.07, 6.45) is 0. The van der Waals surface area contributed by atoms with Crippen molar-refractivity contribution in [1.29, 1.82) is 0 Å². The first kappa shape index (κ1) is 16.0. The Labute approximate surface area is 115 Å². The van der Waals surface area contributed by atoms with Gasteiger partial charge in [-0.2, -0.15) is 0 Å². The Bertz CT molecular complexity index is 538. The largest absolute Gasteiger partial charge is 0.464 e. The molecule has 108 valence electrons. The van der Waals surface area contributed by atoms with Crippen LogP contribution in [0.2, 0.25) is 0 Å². The molecule has 0 aromatic carbocycles. The SMILES string of the molecule is COC(=O)c1ncsc1S(=O)(=O)N[C@H](CO)C(C)C. The maximum atomic E-state index is 12.1. The summed E-state index contributed by atoms with van der Waals surface area (Å²) in [5, 5.41) is 9.15. The molecule has 7 nitrogen and oxygen atoms in total. The van der Waals surface area contributed by atoms with Crippen molar-refractivity contribution < 1.29 is 23.1 Å². The number of methoxy groups -OCH3 is 1. The molecule has 0 fully saturated rings. The van der Waals surface area contributed by atoms with Crippen LogP contribution in [0.25, 0.3) is 0 Å². The predicted molar refractivity (Wildman–Crippen MR) is 69.5 cm³/mol. The van der Waals surface area contributed by atoms with Gasteiger partial charge < -0.3 is 9.84 Å². The van der Waals surface area contributed by atoms with Crippen LogP contribution in [0.5, 0.6) is 0 Å². The average Bonchev–Trinajstić information content (AvgIpc) is 2.84. The standard InChI is InChI=1S/C10H16N2O5S2/c1-6(2)7(4-13)12-19(15,16)10-8(9(14)17-3)11-5-18-10/h5-7,12-13H,4H2,1-3H3/t7-/m1/s1. The number of esters is 1. The quantitative estimate of drug-likeness (QED) is 0.729. The van der Waals surface area contributed by atoms with Gasteiger partial charge in [0.1, 0.15) is 0 Å². The van der Waals surface area contributed by atoms with Crippen molar-refractivity contribution in [3.63, 3.8) is 0 Å². The molecule has 1 heterocycles. The average molecular weight is 308 g/mol. The third-order valence-electron chi connectivity index (χ3n) is 2.47. The Hall–Kier alpha value is -1.03. The summed E-state index contributed by atoms with van der Waals surface area (Å²) in [7, 11) is -2.76. The van der Waals surface area contributed by atoms with Gasteiger partial charge in [-0.25, -0.2) is 22.9 Å². The van der Waals surface area contributed by atoms with Gasteiger partial charge in [0.2, 0.25) is 0 Å². The first-order valence-electron chi connectivity index (χ1n) is 5.48. The summed E-state index contributed by atoms with van der Waals surface area (Å²) in [4.78, 5) is 15.1. The van der Waals surface area contributed by atoms with Gasteiger partial charge in [0, 0.05) is 6.04 Å². The Balaban J connectivity index is 3.08. The summed E-state index contributed by atoms with van der Waals surface area (Å²) < 4.78 is 30.9. The molecule has 1 aromatic heterocycles. The number of thiazole rings is 1. The van der Waals surface area contributed by atoms with Crippen LogP contribution < -0.4 is 4.72 Å². The topological polar surface area (TPSA) is 106 Å². The highest BCUT2D eigenvalue weighted by atomic mass is 32.2. The fourth-order valence-corrected chi connectivity index (χ4v) is 3.82. The van der Waals surface area contributed by atoms with E-state index in [1.54, 1.807) is 13.8 Å². The Morgan fingerprint density at radius 3 is 2.68 bits per heavy atom. The van der Waals surface area contributed by atoms with Gasteiger partial charge in [0.05, 0.1) is 19.2 Å². The molecule has 1 aromatic rings. The number of nitrogens with one attached hydrogen (secondary N) is 1. The van der Waals surface area contributed by atoms with Crippen LogP contribution in [0.1, 0.15) is 24.3 Å². The lowest BCUT2D eigenvalue weighted by Crippen LogP contribution is -2.41. The molecule has 0 amide bonds. The zero-order valence-electron chi connectivity index (χ0n) is 10.8. The smallest absolute Gasteiger partial charge is 0.358 e. The molecule has 9 heteroatoms. The van der Waals surface area contributed by atoms with Gasteiger partial charge >= 0.3 is 5.97 Å². The number of rotatable bonds is 6. The van der Waals surface area contributed by atoms with E-state index in [1.807, 2.05) is 0 Å². The number of aliphatic hydroxyl groups is 1. The van der Waals surface area contributed by atoms with Crippen LogP contribution in [-0.2, 0) is 14.8 Å². The number of hydrogen-bond donors (Lipinski definition) is 2. The van der Waals surface area contributed by atoms with E-state index < -0.39 is 22.0 Å². The highest BCUT2D eigenvalue weighted by Gasteiger charge is 2.29. The first-order valence-corrected chi connectivity index (χ1v) is 7.84. The van der Waals surface area contributed by atoms with Crippen LogP contribution in [0.4, 0.5) is 0 Å². The first-order chi connectivity index (χ1) is 8.83.